The molecular formula is C22H23N3O. The highest BCUT2D eigenvalue weighted by Crippen LogP contribution is 2.30. The summed E-state index contributed by atoms with van der Waals surface area (Å²) in [5.41, 5.74) is 5.19. The maximum atomic E-state index is 12.5. The molecule has 1 atom stereocenters. The van der Waals surface area contributed by atoms with E-state index < -0.39 is 0 Å². The van der Waals surface area contributed by atoms with E-state index >= 15 is 0 Å². The summed E-state index contributed by atoms with van der Waals surface area (Å²) < 4.78 is 2.14. The van der Waals surface area contributed by atoms with Crippen molar-refractivity contribution in [3.63, 3.8) is 0 Å². The minimum absolute atomic E-state index is 0.150. The first-order valence-electron chi connectivity index (χ1n) is 9.10. The number of rotatable bonds is 3. The number of nitrogens with zero attached hydrogens (tertiary/aromatic N) is 2. The van der Waals surface area contributed by atoms with Crippen molar-refractivity contribution >= 4 is 11.6 Å². The van der Waals surface area contributed by atoms with E-state index in [9.17, 15) is 4.79 Å². The summed E-state index contributed by atoms with van der Waals surface area (Å²) in [6, 6.07) is 16.4. The highest BCUT2D eigenvalue weighted by Gasteiger charge is 2.24. The van der Waals surface area contributed by atoms with Crippen LogP contribution in [0.25, 0.3) is 0 Å². The summed E-state index contributed by atoms with van der Waals surface area (Å²) in [5.74, 6) is 1.33. The molecular weight excluding hydrogens is 322 g/mol. The number of benzene rings is 2. The Morgan fingerprint density at radius 3 is 2.65 bits per heavy atom. The van der Waals surface area contributed by atoms with Gasteiger partial charge in [-0.15, -0.1) is 0 Å². The smallest absolute Gasteiger partial charge is 0.275 e. The first-order chi connectivity index (χ1) is 12.6. The minimum Gasteiger partial charge on any atom is -0.333 e. The average molecular weight is 345 g/mol. The third kappa shape index (κ3) is 3.27. The van der Waals surface area contributed by atoms with Gasteiger partial charge < -0.3 is 9.88 Å². The van der Waals surface area contributed by atoms with Crippen LogP contribution in [0.5, 0.6) is 0 Å². The van der Waals surface area contributed by atoms with Crippen LogP contribution < -0.4 is 5.32 Å². The third-order valence-corrected chi connectivity index (χ3v) is 5.16. The molecule has 0 fully saturated rings. The Kier molecular flexibility index (Phi) is 4.33. The SMILES string of the molecule is Cc1ccc(NC(=O)c2cn3c(n2)CCC(c2ccccc2C)C3)cc1. The first kappa shape index (κ1) is 16.6. The number of nitrogens with one attached hydrogen (secondary N) is 1. The molecule has 4 rings (SSSR count). The van der Waals surface area contributed by atoms with Crippen LogP contribution in [0, 0.1) is 13.8 Å². The fraction of sp³-hybridized carbons (Fsp3) is 0.273. The summed E-state index contributed by atoms with van der Waals surface area (Å²) in [6.07, 6.45) is 3.86. The number of aryl methyl sites for hydroxylation is 3. The third-order valence-electron chi connectivity index (χ3n) is 5.16. The fourth-order valence-electron chi connectivity index (χ4n) is 3.68. The molecule has 1 amide bonds. The second-order valence-corrected chi connectivity index (χ2v) is 7.11. The van der Waals surface area contributed by atoms with Gasteiger partial charge in [-0.25, -0.2) is 4.98 Å². The van der Waals surface area contributed by atoms with Gasteiger partial charge in [-0.1, -0.05) is 42.0 Å². The number of imidazole rings is 1. The van der Waals surface area contributed by atoms with Crippen molar-refractivity contribution in [1.29, 1.82) is 0 Å². The molecule has 1 N–H and O–H groups in total. The van der Waals surface area contributed by atoms with Gasteiger partial charge in [-0.3, -0.25) is 4.79 Å². The molecule has 1 unspecified atom stereocenters. The lowest BCUT2D eigenvalue weighted by atomic mass is 9.89. The molecule has 2 aromatic carbocycles. The summed E-state index contributed by atoms with van der Waals surface area (Å²) in [6.45, 7) is 5.07. The molecule has 0 saturated carbocycles. The highest BCUT2D eigenvalue weighted by molar-refractivity contribution is 6.02. The molecule has 2 heterocycles. The topological polar surface area (TPSA) is 46.9 Å². The number of anilines is 1. The fourth-order valence-corrected chi connectivity index (χ4v) is 3.68. The number of fused-ring (bicyclic) bond motifs is 1. The molecule has 26 heavy (non-hydrogen) atoms. The van der Waals surface area contributed by atoms with Gasteiger partial charge in [0.1, 0.15) is 11.5 Å². The zero-order valence-electron chi connectivity index (χ0n) is 15.2. The minimum atomic E-state index is -0.150. The zero-order valence-corrected chi connectivity index (χ0v) is 15.2. The van der Waals surface area contributed by atoms with E-state index in [-0.39, 0.29) is 5.91 Å². The molecule has 0 radical (unpaired) electrons. The van der Waals surface area contributed by atoms with Gasteiger partial charge in [-0.05, 0) is 43.5 Å². The normalized spacial score (nSPS) is 16.2. The van der Waals surface area contributed by atoms with E-state index in [2.05, 4.69) is 46.1 Å². The van der Waals surface area contributed by atoms with Gasteiger partial charge in [0.05, 0.1) is 0 Å². The van der Waals surface area contributed by atoms with Crippen molar-refractivity contribution in [1.82, 2.24) is 9.55 Å². The Labute approximate surface area is 153 Å². The average Bonchev–Trinajstić information content (AvgIpc) is 3.07. The van der Waals surface area contributed by atoms with Crippen molar-refractivity contribution in [2.75, 3.05) is 5.32 Å². The van der Waals surface area contributed by atoms with Crippen molar-refractivity contribution in [2.24, 2.45) is 0 Å². The quantitative estimate of drug-likeness (QED) is 0.761. The van der Waals surface area contributed by atoms with E-state index in [0.717, 1.165) is 30.9 Å². The Morgan fingerprint density at radius 2 is 1.88 bits per heavy atom. The van der Waals surface area contributed by atoms with Crippen LogP contribution in [0.4, 0.5) is 5.69 Å². The van der Waals surface area contributed by atoms with Crippen molar-refractivity contribution in [3.8, 4) is 0 Å². The number of carbonyl (C=O) groups is 1. The van der Waals surface area contributed by atoms with Gasteiger partial charge in [0.2, 0.25) is 0 Å². The van der Waals surface area contributed by atoms with Crippen LogP contribution in [0.1, 0.15) is 45.3 Å². The van der Waals surface area contributed by atoms with Crippen molar-refractivity contribution < 1.29 is 4.79 Å². The van der Waals surface area contributed by atoms with Crippen LogP contribution in [0.3, 0.4) is 0 Å². The number of aromatic nitrogens is 2. The van der Waals surface area contributed by atoms with Crippen molar-refractivity contribution in [3.05, 3.63) is 82.9 Å². The molecule has 4 nitrogen and oxygen atoms in total. The summed E-state index contributed by atoms with van der Waals surface area (Å²) in [5, 5.41) is 2.93. The molecule has 3 aromatic rings. The number of hydrogen-bond donors (Lipinski definition) is 1. The molecule has 1 aliphatic heterocycles. The maximum absolute atomic E-state index is 12.5. The first-order valence-corrected chi connectivity index (χ1v) is 9.10. The van der Waals surface area contributed by atoms with Crippen LogP contribution in [0.2, 0.25) is 0 Å². The maximum Gasteiger partial charge on any atom is 0.275 e. The largest absolute Gasteiger partial charge is 0.333 e. The van der Waals surface area contributed by atoms with E-state index in [1.54, 1.807) is 0 Å². The van der Waals surface area contributed by atoms with Gasteiger partial charge in [0.25, 0.3) is 5.91 Å². The molecule has 0 saturated heterocycles. The van der Waals surface area contributed by atoms with E-state index in [0.29, 0.717) is 11.6 Å². The van der Waals surface area contributed by atoms with Crippen LogP contribution in [-0.4, -0.2) is 15.5 Å². The van der Waals surface area contributed by atoms with Crippen molar-refractivity contribution in [2.45, 2.75) is 39.2 Å². The Balaban J connectivity index is 1.51. The van der Waals surface area contributed by atoms with Crippen LogP contribution in [0.15, 0.2) is 54.7 Å². The van der Waals surface area contributed by atoms with E-state index in [4.69, 9.17) is 0 Å². The molecule has 4 heteroatoms. The number of hydrogen-bond acceptors (Lipinski definition) is 2. The molecule has 0 spiro atoms. The monoisotopic (exact) mass is 345 g/mol. The second-order valence-electron chi connectivity index (χ2n) is 7.11. The molecule has 0 aliphatic carbocycles. The molecule has 0 bridgehead atoms. The van der Waals surface area contributed by atoms with E-state index in [1.807, 2.05) is 37.4 Å². The van der Waals surface area contributed by atoms with E-state index in [1.165, 1.54) is 16.7 Å². The lowest BCUT2D eigenvalue weighted by Crippen LogP contribution is -2.19. The Morgan fingerprint density at radius 1 is 1.12 bits per heavy atom. The molecule has 132 valence electrons. The van der Waals surface area contributed by atoms with Crippen LogP contribution >= 0.6 is 0 Å². The Bertz CT molecular complexity index is 940. The van der Waals surface area contributed by atoms with Crippen LogP contribution in [-0.2, 0) is 13.0 Å². The standard InChI is InChI=1S/C22H23N3O/c1-15-7-10-18(11-8-15)23-22(26)20-14-25-13-17(9-12-21(25)24-20)19-6-4-3-5-16(19)2/h3-8,10-11,14,17H,9,12-13H2,1-2H3,(H,23,26). The lowest BCUT2D eigenvalue weighted by Gasteiger charge is -2.25. The van der Waals surface area contributed by atoms with Gasteiger partial charge in [0.15, 0.2) is 0 Å². The zero-order chi connectivity index (χ0) is 18.1. The van der Waals surface area contributed by atoms with Gasteiger partial charge in [-0.2, -0.15) is 0 Å². The summed E-state index contributed by atoms with van der Waals surface area (Å²) in [4.78, 5) is 17.1. The molecule has 1 aliphatic rings. The predicted molar refractivity (Wildman–Crippen MR) is 104 cm³/mol. The summed E-state index contributed by atoms with van der Waals surface area (Å²) in [7, 11) is 0. The second kappa shape index (κ2) is 6.79. The molecule has 1 aromatic heterocycles. The predicted octanol–water partition coefficient (Wildman–Crippen LogP) is 4.48. The summed E-state index contributed by atoms with van der Waals surface area (Å²) >= 11 is 0. The Hall–Kier alpha value is -2.88. The number of carbonyl (C=O) groups excluding carboxylic acids is 1. The highest BCUT2D eigenvalue weighted by atomic mass is 16.1. The number of amides is 1. The lowest BCUT2D eigenvalue weighted by molar-refractivity contribution is 0.102. The van der Waals surface area contributed by atoms with Gasteiger partial charge >= 0.3 is 0 Å². The van der Waals surface area contributed by atoms with Gasteiger partial charge in [0, 0.05) is 30.8 Å².